The maximum atomic E-state index is 15.1. The number of aliphatic hydroxyl groups is 2. The van der Waals surface area contributed by atoms with Crippen molar-refractivity contribution in [2.45, 2.75) is 46.1 Å². The number of nitrogens with zero attached hydrogens (tertiary/aromatic N) is 2. The van der Waals surface area contributed by atoms with Crippen molar-refractivity contribution >= 4 is 66.3 Å². The molecule has 8 rings (SSSR count). The lowest BCUT2D eigenvalue weighted by Crippen LogP contribution is -2.17. The molecule has 5 N–H and O–H groups in total. The van der Waals surface area contributed by atoms with Gasteiger partial charge in [0.2, 0.25) is 5.43 Å². The molecule has 1 aliphatic rings. The minimum atomic E-state index is -0.925. The number of pyridine rings is 2. The number of ketones is 1. The van der Waals surface area contributed by atoms with Crippen molar-refractivity contribution in [1.82, 2.24) is 9.97 Å². The van der Waals surface area contributed by atoms with Crippen LogP contribution in [0.5, 0.6) is 11.5 Å². The van der Waals surface area contributed by atoms with Crippen molar-refractivity contribution in [3.63, 3.8) is 0 Å². The summed E-state index contributed by atoms with van der Waals surface area (Å²) in [6.07, 6.45) is 5.15. The van der Waals surface area contributed by atoms with E-state index in [2.05, 4.69) is 20.6 Å². The molecule has 11 nitrogen and oxygen atoms in total. The molecular formula is C41H34N4O7. The third kappa shape index (κ3) is 4.77. The van der Waals surface area contributed by atoms with Gasteiger partial charge in [0, 0.05) is 45.4 Å². The molecule has 2 aromatic heterocycles. The van der Waals surface area contributed by atoms with Gasteiger partial charge in [0.15, 0.2) is 16.9 Å². The molecule has 0 aliphatic heterocycles. The number of anilines is 2. The van der Waals surface area contributed by atoms with Gasteiger partial charge in [-0.25, -0.2) is 0 Å². The van der Waals surface area contributed by atoms with Crippen molar-refractivity contribution < 1.29 is 24.9 Å². The first kappa shape index (κ1) is 33.0. The Morgan fingerprint density at radius 1 is 0.808 bits per heavy atom. The summed E-state index contributed by atoms with van der Waals surface area (Å²) in [6, 6.07) is 14.0. The maximum Gasteiger partial charge on any atom is 0.212 e. The molecule has 0 saturated heterocycles. The molecular weight excluding hydrogens is 660 g/mol. The third-order valence-electron chi connectivity index (χ3n) is 10.2. The number of aliphatic hydroxyl groups excluding tert-OH is 2. The average Bonchev–Trinajstić information content (AvgIpc) is 3.28. The lowest BCUT2D eigenvalue weighted by Gasteiger charge is -2.26. The number of allylic oxidation sites excluding steroid dienone is 1. The van der Waals surface area contributed by atoms with Crippen LogP contribution in [-0.4, -0.2) is 38.2 Å². The number of ether oxygens (including phenoxy) is 1. The summed E-state index contributed by atoms with van der Waals surface area (Å²) in [4.78, 5) is 51.6. The second-order valence-electron chi connectivity index (χ2n) is 13.1. The molecule has 0 saturated carbocycles. The zero-order valence-corrected chi connectivity index (χ0v) is 28.6. The molecule has 1 aliphatic carbocycles. The molecule has 1 unspecified atom stereocenters. The number of methoxy groups -OCH3 is 1. The van der Waals surface area contributed by atoms with E-state index in [4.69, 9.17) is 4.74 Å². The van der Waals surface area contributed by atoms with E-state index >= 15 is 4.79 Å². The Bertz CT molecular complexity index is 2730. The Morgan fingerprint density at radius 3 is 2.00 bits per heavy atom. The third-order valence-corrected chi connectivity index (χ3v) is 10.2. The van der Waals surface area contributed by atoms with Gasteiger partial charge in [0.05, 0.1) is 67.2 Å². The number of aromatic hydroxyl groups is 1. The van der Waals surface area contributed by atoms with Gasteiger partial charge in [0.25, 0.3) is 0 Å². The van der Waals surface area contributed by atoms with Crippen LogP contribution in [0.1, 0.15) is 53.4 Å². The van der Waals surface area contributed by atoms with E-state index in [1.54, 1.807) is 37.5 Å². The highest BCUT2D eigenvalue weighted by Crippen LogP contribution is 2.56. The minimum absolute atomic E-state index is 0.0271. The summed E-state index contributed by atoms with van der Waals surface area (Å²) in [5, 5.41) is 43.2. The Labute approximate surface area is 296 Å². The van der Waals surface area contributed by atoms with Gasteiger partial charge in [-0.2, -0.15) is 0 Å². The quantitative estimate of drug-likeness (QED) is 0.0879. The minimum Gasteiger partial charge on any atom is -0.504 e. The highest BCUT2D eigenvalue weighted by atomic mass is 16.5. The number of benzene rings is 5. The largest absolute Gasteiger partial charge is 0.504 e. The highest BCUT2D eigenvalue weighted by Gasteiger charge is 2.36. The van der Waals surface area contributed by atoms with Gasteiger partial charge in [-0.15, -0.1) is 0 Å². The van der Waals surface area contributed by atoms with E-state index in [1.807, 2.05) is 30.3 Å². The molecule has 52 heavy (non-hydrogen) atoms. The number of Topliss-reactive ketones (excluding diaryl/α,β-unsaturated/α-hetero) is 1. The van der Waals surface area contributed by atoms with Crippen molar-refractivity contribution in [1.29, 1.82) is 0 Å². The number of hydrogen-bond donors (Lipinski definition) is 5. The first-order valence-electron chi connectivity index (χ1n) is 16.8. The number of phenolic OH excluding ortho intramolecular Hbond substituents is 1. The van der Waals surface area contributed by atoms with Crippen LogP contribution in [0.2, 0.25) is 0 Å². The molecule has 1 atom stereocenters. The van der Waals surface area contributed by atoms with Crippen LogP contribution >= 0.6 is 0 Å². The first-order chi connectivity index (χ1) is 25.2. The standard InChI is InChI=1S/C41H34N4O7/c1-19-12-25-31-34-29(30-22(18-47)14-27(49)33-35(30)36(31)37(28(19)20(2)48)41(52-3)40(33)51)21(17-46)13-26(44-15-23-8-4-6-10-42-23)32(34)39(50)38(25)45-16-24-9-5-7-11-43-24/h4-14,28,44-47,51H,15-18H2,1-3H3. The number of rotatable bonds is 10. The summed E-state index contributed by atoms with van der Waals surface area (Å²) in [7, 11) is 1.37. The second-order valence-corrected chi connectivity index (χ2v) is 13.1. The van der Waals surface area contributed by atoms with Gasteiger partial charge in [-0.05, 0) is 77.5 Å². The molecule has 0 amide bonds. The van der Waals surface area contributed by atoms with Gasteiger partial charge >= 0.3 is 0 Å². The van der Waals surface area contributed by atoms with Gasteiger partial charge in [0.1, 0.15) is 5.78 Å². The van der Waals surface area contributed by atoms with Crippen LogP contribution in [0.25, 0.3) is 49.2 Å². The molecule has 0 bridgehead atoms. The number of fused-ring (bicyclic) bond motifs is 1. The second kappa shape index (κ2) is 12.6. The lowest BCUT2D eigenvalue weighted by atomic mass is 9.79. The van der Waals surface area contributed by atoms with Crippen molar-refractivity contribution in [2.75, 3.05) is 17.7 Å². The van der Waals surface area contributed by atoms with E-state index in [-0.39, 0.29) is 46.7 Å². The topological polar surface area (TPSA) is 171 Å². The number of hydrogen-bond acceptors (Lipinski definition) is 11. The zero-order valence-electron chi connectivity index (χ0n) is 28.6. The molecule has 2 heterocycles. The fraction of sp³-hybridized carbons (Fsp3) is 0.195. The maximum absolute atomic E-state index is 15.1. The summed E-state index contributed by atoms with van der Waals surface area (Å²) in [5.41, 5.74) is 3.28. The molecule has 5 aromatic carbocycles. The molecule has 11 heteroatoms. The van der Waals surface area contributed by atoms with Gasteiger partial charge < -0.3 is 30.7 Å². The zero-order chi connectivity index (χ0) is 36.4. The number of carbonyl (C=O) groups excluding carboxylic acids is 1. The molecule has 260 valence electrons. The van der Waals surface area contributed by atoms with Crippen LogP contribution in [0, 0.1) is 0 Å². The molecule has 7 aromatic rings. The molecule has 0 radical (unpaired) electrons. The van der Waals surface area contributed by atoms with Gasteiger partial charge in [-0.3, -0.25) is 24.4 Å². The Kier molecular flexibility index (Phi) is 7.97. The Balaban J connectivity index is 1.66. The number of nitrogens with one attached hydrogen (secondary N) is 2. The summed E-state index contributed by atoms with van der Waals surface area (Å²) in [5.74, 6) is -1.62. The fourth-order valence-corrected chi connectivity index (χ4v) is 8.13. The van der Waals surface area contributed by atoms with Crippen LogP contribution in [0.4, 0.5) is 11.4 Å². The first-order valence-corrected chi connectivity index (χ1v) is 16.8. The number of phenols is 1. The van der Waals surface area contributed by atoms with E-state index < -0.39 is 30.3 Å². The van der Waals surface area contributed by atoms with Crippen molar-refractivity contribution in [3.8, 4) is 11.5 Å². The predicted molar refractivity (Wildman–Crippen MR) is 202 cm³/mol. The number of aromatic nitrogens is 2. The van der Waals surface area contributed by atoms with Crippen LogP contribution in [0.15, 0.2) is 76.1 Å². The monoisotopic (exact) mass is 694 g/mol. The summed E-state index contributed by atoms with van der Waals surface area (Å²) >= 11 is 0. The summed E-state index contributed by atoms with van der Waals surface area (Å²) < 4.78 is 5.84. The number of carbonyl (C=O) groups is 1. The fourth-order valence-electron chi connectivity index (χ4n) is 8.13. The predicted octanol–water partition coefficient (Wildman–Crippen LogP) is 5.70. The molecule has 0 fully saturated rings. The molecule has 0 spiro atoms. The highest BCUT2D eigenvalue weighted by molar-refractivity contribution is 6.39. The smallest absolute Gasteiger partial charge is 0.212 e. The normalized spacial score (nSPS) is 14.0. The Hall–Kier alpha value is -6.17. The summed E-state index contributed by atoms with van der Waals surface area (Å²) in [6.45, 7) is 2.71. The van der Waals surface area contributed by atoms with Crippen LogP contribution in [-0.2, 0) is 31.1 Å². The lowest BCUT2D eigenvalue weighted by molar-refractivity contribution is -0.117. The van der Waals surface area contributed by atoms with E-state index in [0.717, 1.165) is 5.69 Å². The van der Waals surface area contributed by atoms with E-state index in [9.17, 15) is 24.9 Å². The van der Waals surface area contributed by atoms with Gasteiger partial charge in [-0.1, -0.05) is 23.8 Å². The van der Waals surface area contributed by atoms with Crippen molar-refractivity contribution in [3.05, 3.63) is 121 Å². The average molecular weight is 695 g/mol. The SMILES string of the molecule is COc1c(O)c2c(=O)cc(CO)c3c4c(CO)cc(NCc5ccccn5)c5c(=O)c(NCc6ccccn6)c6c(c(c1C(C(C)=O)C(C)=C6)c23)c54. The van der Waals surface area contributed by atoms with Crippen molar-refractivity contribution in [2.24, 2.45) is 0 Å². The van der Waals surface area contributed by atoms with E-state index in [0.29, 0.717) is 71.3 Å². The Morgan fingerprint density at radius 2 is 1.42 bits per heavy atom. The van der Waals surface area contributed by atoms with E-state index in [1.165, 1.54) is 20.1 Å². The van der Waals surface area contributed by atoms with Crippen LogP contribution < -0.4 is 26.2 Å². The van der Waals surface area contributed by atoms with Crippen LogP contribution in [0.3, 0.4) is 0 Å².